The molecule has 1 N–H and O–H groups in total. The third-order valence-electron chi connectivity index (χ3n) is 8.74. The Morgan fingerprint density at radius 3 is 2.17 bits per heavy atom. The van der Waals surface area contributed by atoms with Gasteiger partial charge >= 0.3 is 5.97 Å². The molecule has 0 radical (unpaired) electrons. The van der Waals surface area contributed by atoms with Crippen molar-refractivity contribution in [3.05, 3.63) is 65.7 Å². The fourth-order valence-electron chi connectivity index (χ4n) is 7.54. The van der Waals surface area contributed by atoms with Gasteiger partial charge in [0.25, 0.3) is 0 Å². The molecule has 4 aliphatic carbocycles. The molecule has 0 amide bonds. The molecule has 4 bridgehead atoms. The Labute approximate surface area is 212 Å². The first-order valence-electron chi connectivity index (χ1n) is 13.1. The maximum Gasteiger partial charge on any atom is 0.335 e. The molecular formula is C31H34O5. The van der Waals surface area contributed by atoms with E-state index in [1.807, 2.05) is 12.1 Å². The fraction of sp³-hybridized carbons (Fsp3) is 0.452. The maximum absolute atomic E-state index is 11.2. The largest absolute Gasteiger partial charge is 0.478 e. The number of carbonyl (C=O) groups is 1. The van der Waals surface area contributed by atoms with Gasteiger partial charge < -0.3 is 19.3 Å². The molecule has 4 fully saturated rings. The van der Waals surface area contributed by atoms with E-state index < -0.39 is 5.97 Å². The van der Waals surface area contributed by atoms with Crippen LogP contribution in [0.3, 0.4) is 0 Å². The van der Waals surface area contributed by atoms with Crippen molar-refractivity contribution < 1.29 is 24.1 Å². The number of fused-ring (bicyclic) bond motifs is 1. The molecule has 3 aromatic rings. The normalized spacial score (nSPS) is 26.4. The van der Waals surface area contributed by atoms with E-state index in [1.54, 1.807) is 19.2 Å². The van der Waals surface area contributed by atoms with Gasteiger partial charge in [-0.15, -0.1) is 0 Å². The molecule has 5 nitrogen and oxygen atoms in total. The van der Waals surface area contributed by atoms with Crippen LogP contribution >= 0.6 is 0 Å². The molecule has 0 aliphatic heterocycles. The minimum absolute atomic E-state index is 0.213. The fourth-order valence-corrected chi connectivity index (χ4v) is 7.54. The van der Waals surface area contributed by atoms with Crippen molar-refractivity contribution in [2.75, 3.05) is 27.1 Å². The number of carboxylic acids is 1. The molecule has 0 unspecified atom stereocenters. The lowest BCUT2D eigenvalue weighted by atomic mass is 9.48. The van der Waals surface area contributed by atoms with E-state index in [9.17, 15) is 9.90 Å². The van der Waals surface area contributed by atoms with E-state index in [2.05, 4.69) is 30.3 Å². The maximum atomic E-state index is 11.2. The van der Waals surface area contributed by atoms with Crippen LogP contribution in [-0.2, 0) is 14.9 Å². The van der Waals surface area contributed by atoms with Gasteiger partial charge in [0.15, 0.2) is 6.79 Å². The topological polar surface area (TPSA) is 65.0 Å². The first-order chi connectivity index (χ1) is 17.5. The highest BCUT2D eigenvalue weighted by Gasteiger charge is 2.52. The van der Waals surface area contributed by atoms with Crippen molar-refractivity contribution in [3.63, 3.8) is 0 Å². The Bertz CT molecular complexity index is 1230. The molecule has 0 spiro atoms. The van der Waals surface area contributed by atoms with Crippen LogP contribution in [0.1, 0.15) is 54.4 Å². The van der Waals surface area contributed by atoms with Gasteiger partial charge in [-0.1, -0.05) is 24.3 Å². The van der Waals surface area contributed by atoms with E-state index in [0.29, 0.717) is 18.8 Å². The molecular weight excluding hydrogens is 452 g/mol. The minimum atomic E-state index is -0.910. The van der Waals surface area contributed by atoms with Crippen molar-refractivity contribution in [1.29, 1.82) is 0 Å². The Morgan fingerprint density at radius 1 is 0.861 bits per heavy atom. The number of carboxylic acid groups (broad SMARTS) is 1. The molecule has 3 aromatic carbocycles. The lowest BCUT2D eigenvalue weighted by Gasteiger charge is -2.57. The van der Waals surface area contributed by atoms with Crippen LogP contribution in [-0.4, -0.2) is 38.2 Å². The summed E-state index contributed by atoms with van der Waals surface area (Å²) < 4.78 is 17.1. The number of aromatic carboxylic acids is 1. The van der Waals surface area contributed by atoms with Crippen LogP contribution in [0, 0.1) is 17.8 Å². The summed E-state index contributed by atoms with van der Waals surface area (Å²) in [6, 6.07) is 18.1. The molecule has 4 aliphatic rings. The van der Waals surface area contributed by atoms with E-state index >= 15 is 0 Å². The Kier molecular flexibility index (Phi) is 6.22. The number of hydrogen-bond acceptors (Lipinski definition) is 4. The summed E-state index contributed by atoms with van der Waals surface area (Å²) in [4.78, 5) is 11.2. The standard InChI is InChI=1S/C31H34O5/c1-34-8-9-35-19-36-29-15-27-13-25(23-2-4-24(5-3-23)30(32)33)6-7-26(27)14-28(29)31-16-20-10-21(17-31)12-22(11-20)18-31/h2-7,13-15,20-22H,8-12,16-19H2,1H3,(H,32,33). The van der Waals surface area contributed by atoms with Gasteiger partial charge in [-0.05, 0) is 114 Å². The quantitative estimate of drug-likeness (QED) is 0.270. The lowest BCUT2D eigenvalue weighted by molar-refractivity contribution is -0.0188. The number of ether oxygens (including phenoxy) is 3. The minimum Gasteiger partial charge on any atom is -0.478 e. The van der Waals surface area contributed by atoms with E-state index in [-0.39, 0.29) is 12.2 Å². The van der Waals surface area contributed by atoms with Gasteiger partial charge in [0, 0.05) is 12.7 Å². The molecule has 36 heavy (non-hydrogen) atoms. The zero-order chi connectivity index (χ0) is 24.7. The molecule has 0 atom stereocenters. The lowest BCUT2D eigenvalue weighted by Crippen LogP contribution is -2.48. The number of benzene rings is 3. The SMILES string of the molecule is COCCOCOc1cc2cc(-c3ccc(C(=O)O)cc3)ccc2cc1C12CC3CC(CC(C3)C1)C2. The molecule has 188 valence electrons. The highest BCUT2D eigenvalue weighted by Crippen LogP contribution is 2.62. The van der Waals surface area contributed by atoms with E-state index in [1.165, 1.54) is 49.5 Å². The van der Waals surface area contributed by atoms with Crippen molar-refractivity contribution in [3.8, 4) is 16.9 Å². The highest BCUT2D eigenvalue weighted by atomic mass is 16.7. The average molecular weight is 487 g/mol. The van der Waals surface area contributed by atoms with Crippen LogP contribution < -0.4 is 4.74 Å². The Morgan fingerprint density at radius 2 is 1.53 bits per heavy atom. The van der Waals surface area contributed by atoms with Gasteiger partial charge in [-0.25, -0.2) is 4.79 Å². The van der Waals surface area contributed by atoms with Crippen molar-refractivity contribution in [1.82, 2.24) is 0 Å². The summed E-state index contributed by atoms with van der Waals surface area (Å²) in [7, 11) is 1.67. The molecule has 0 saturated heterocycles. The van der Waals surface area contributed by atoms with E-state index in [0.717, 1.165) is 40.0 Å². The highest BCUT2D eigenvalue weighted by molar-refractivity contribution is 5.91. The zero-order valence-corrected chi connectivity index (χ0v) is 20.9. The average Bonchev–Trinajstić information content (AvgIpc) is 2.87. The van der Waals surface area contributed by atoms with Crippen LogP contribution in [0.2, 0.25) is 0 Å². The molecule has 4 saturated carbocycles. The summed E-state index contributed by atoms with van der Waals surface area (Å²) in [5.74, 6) is 2.60. The van der Waals surface area contributed by atoms with Gasteiger partial charge in [-0.2, -0.15) is 0 Å². The molecule has 7 rings (SSSR count). The smallest absolute Gasteiger partial charge is 0.335 e. The second-order valence-electron chi connectivity index (χ2n) is 11.2. The third-order valence-corrected chi connectivity index (χ3v) is 8.74. The van der Waals surface area contributed by atoms with Gasteiger partial charge in [-0.3, -0.25) is 0 Å². The van der Waals surface area contributed by atoms with Gasteiger partial charge in [0.1, 0.15) is 5.75 Å². The number of methoxy groups -OCH3 is 1. The van der Waals surface area contributed by atoms with Crippen molar-refractivity contribution in [2.24, 2.45) is 17.8 Å². The van der Waals surface area contributed by atoms with Crippen LogP contribution in [0.5, 0.6) is 5.75 Å². The van der Waals surface area contributed by atoms with Crippen LogP contribution in [0.4, 0.5) is 0 Å². The van der Waals surface area contributed by atoms with Gasteiger partial charge in [0.2, 0.25) is 0 Å². The number of rotatable bonds is 9. The summed E-state index contributed by atoms with van der Waals surface area (Å²) in [5, 5.41) is 11.6. The monoisotopic (exact) mass is 486 g/mol. The Hall–Kier alpha value is -2.89. The first kappa shape index (κ1) is 23.5. The number of hydrogen-bond donors (Lipinski definition) is 1. The van der Waals surface area contributed by atoms with Crippen LogP contribution in [0.15, 0.2) is 54.6 Å². The first-order valence-corrected chi connectivity index (χ1v) is 13.1. The predicted octanol–water partition coefficient (Wildman–Crippen LogP) is 6.67. The molecule has 0 heterocycles. The second-order valence-corrected chi connectivity index (χ2v) is 11.2. The summed E-state index contributed by atoms with van der Waals surface area (Å²) in [6.45, 7) is 1.27. The van der Waals surface area contributed by atoms with Crippen molar-refractivity contribution in [2.45, 2.75) is 43.9 Å². The zero-order valence-electron chi connectivity index (χ0n) is 20.9. The third kappa shape index (κ3) is 4.39. The molecule has 0 aromatic heterocycles. The summed E-state index contributed by atoms with van der Waals surface area (Å²) >= 11 is 0. The van der Waals surface area contributed by atoms with Crippen LogP contribution in [0.25, 0.3) is 21.9 Å². The molecule has 5 heteroatoms. The summed E-state index contributed by atoms with van der Waals surface area (Å²) in [5.41, 5.74) is 3.93. The Balaban J connectivity index is 1.36. The second kappa shape index (κ2) is 9.53. The van der Waals surface area contributed by atoms with Gasteiger partial charge in [0.05, 0.1) is 18.8 Å². The predicted molar refractivity (Wildman–Crippen MR) is 140 cm³/mol. The van der Waals surface area contributed by atoms with Crippen molar-refractivity contribution >= 4 is 16.7 Å². The summed E-state index contributed by atoms with van der Waals surface area (Å²) in [6.07, 6.45) is 8.06. The van der Waals surface area contributed by atoms with E-state index in [4.69, 9.17) is 14.2 Å².